The average molecular weight is 429 g/mol. The van der Waals surface area contributed by atoms with Crippen molar-refractivity contribution in [3.05, 3.63) is 62.7 Å². The van der Waals surface area contributed by atoms with Crippen molar-refractivity contribution >= 4 is 22.9 Å². The molecular weight excluding hydrogens is 421 g/mol. The summed E-state index contributed by atoms with van der Waals surface area (Å²) in [5.74, 6) is -0.729. The highest BCUT2D eigenvalue weighted by atomic mass is 35.5. The number of nitrogens with zero attached hydrogens (tertiary/aromatic N) is 6. The second kappa shape index (κ2) is 6.87. The zero-order valence-electron chi connectivity index (χ0n) is 13.6. The minimum Gasteiger partial charge on any atom is -0.387 e. The zero-order chi connectivity index (χ0) is 19.9. The summed E-state index contributed by atoms with van der Waals surface area (Å²) in [6, 6.07) is 6.69. The van der Waals surface area contributed by atoms with Crippen LogP contribution in [0.1, 0.15) is 11.4 Å². The van der Waals surface area contributed by atoms with Crippen molar-refractivity contribution in [3.8, 4) is 16.5 Å². The van der Waals surface area contributed by atoms with E-state index in [1.807, 2.05) is 0 Å². The Morgan fingerprint density at radius 2 is 2.07 bits per heavy atom. The lowest BCUT2D eigenvalue weighted by atomic mass is 10.1. The van der Waals surface area contributed by atoms with E-state index in [0.29, 0.717) is 4.88 Å². The predicted molar refractivity (Wildman–Crippen MR) is 92.3 cm³/mol. The molecule has 1 aromatic carbocycles. The summed E-state index contributed by atoms with van der Waals surface area (Å²) in [6.07, 6.45) is -4.68. The molecule has 0 aliphatic carbocycles. The van der Waals surface area contributed by atoms with Gasteiger partial charge in [0.15, 0.2) is 5.82 Å². The van der Waals surface area contributed by atoms with Gasteiger partial charge in [-0.3, -0.25) is 0 Å². The standard InChI is InChI=1S/C15H8ClF3N6O2S/c16-8-3-4-10(9(6-8)15(17,18)19)25-12(20-22-23-25)7-24-14(26)27-13(21-24)11-2-1-5-28-11/h1-6H,7H2. The Hall–Kier alpha value is -2.99. The number of tetrazole rings is 1. The third-order valence-corrected chi connectivity index (χ3v) is 4.75. The molecule has 0 unspecified atom stereocenters. The second-order valence-electron chi connectivity index (χ2n) is 5.47. The van der Waals surface area contributed by atoms with Crippen LogP contribution in [0.3, 0.4) is 0 Å². The van der Waals surface area contributed by atoms with Gasteiger partial charge in [0.2, 0.25) is 0 Å². The highest BCUT2D eigenvalue weighted by Gasteiger charge is 2.35. The molecule has 0 radical (unpaired) electrons. The van der Waals surface area contributed by atoms with E-state index < -0.39 is 17.5 Å². The Labute approximate surface area is 162 Å². The van der Waals surface area contributed by atoms with Crippen LogP contribution >= 0.6 is 22.9 Å². The van der Waals surface area contributed by atoms with Gasteiger partial charge in [0.05, 0.1) is 16.1 Å². The Morgan fingerprint density at radius 3 is 2.79 bits per heavy atom. The molecule has 0 saturated heterocycles. The highest BCUT2D eigenvalue weighted by Crippen LogP contribution is 2.35. The highest BCUT2D eigenvalue weighted by molar-refractivity contribution is 7.13. The van der Waals surface area contributed by atoms with Gasteiger partial charge in [-0.25, -0.2) is 4.79 Å². The maximum atomic E-state index is 13.4. The molecule has 0 bridgehead atoms. The molecule has 13 heteroatoms. The van der Waals surface area contributed by atoms with E-state index >= 15 is 0 Å². The number of hydrogen-bond acceptors (Lipinski definition) is 7. The average Bonchev–Trinajstić information content (AvgIpc) is 3.36. The SMILES string of the molecule is O=c1oc(-c2cccs2)nn1Cc1nnnn1-c1ccc(Cl)cc1C(F)(F)F. The second-order valence-corrected chi connectivity index (χ2v) is 6.86. The molecule has 0 amide bonds. The van der Waals surface area contributed by atoms with Crippen LogP contribution in [-0.2, 0) is 12.7 Å². The van der Waals surface area contributed by atoms with Gasteiger partial charge in [-0.05, 0) is 40.1 Å². The largest absolute Gasteiger partial charge is 0.437 e. The van der Waals surface area contributed by atoms with Crippen LogP contribution in [0.5, 0.6) is 0 Å². The van der Waals surface area contributed by atoms with Gasteiger partial charge in [-0.15, -0.1) is 21.5 Å². The van der Waals surface area contributed by atoms with E-state index in [1.165, 1.54) is 17.4 Å². The molecule has 3 heterocycles. The first-order valence-electron chi connectivity index (χ1n) is 7.59. The Balaban J connectivity index is 1.73. The van der Waals surface area contributed by atoms with Crippen molar-refractivity contribution in [2.45, 2.75) is 12.7 Å². The number of alkyl halides is 3. The summed E-state index contributed by atoms with van der Waals surface area (Å²) in [7, 11) is 0. The maximum absolute atomic E-state index is 13.4. The maximum Gasteiger partial charge on any atom is 0.437 e. The molecule has 0 aliphatic rings. The molecule has 0 fully saturated rings. The molecule has 0 N–H and O–H groups in total. The van der Waals surface area contributed by atoms with Crippen LogP contribution < -0.4 is 5.76 Å². The first-order chi connectivity index (χ1) is 13.3. The van der Waals surface area contributed by atoms with Crippen LogP contribution in [0.15, 0.2) is 44.9 Å². The van der Waals surface area contributed by atoms with Gasteiger partial charge < -0.3 is 4.42 Å². The third kappa shape index (κ3) is 3.43. The molecule has 4 rings (SSSR count). The molecule has 0 saturated carbocycles. The fraction of sp³-hybridized carbons (Fsp3) is 0.133. The van der Waals surface area contributed by atoms with Gasteiger partial charge >= 0.3 is 11.9 Å². The Morgan fingerprint density at radius 1 is 1.25 bits per heavy atom. The van der Waals surface area contributed by atoms with Crippen LogP contribution in [-0.4, -0.2) is 30.0 Å². The van der Waals surface area contributed by atoms with Crippen molar-refractivity contribution in [1.29, 1.82) is 0 Å². The summed E-state index contributed by atoms with van der Waals surface area (Å²) < 4.78 is 47.0. The normalized spacial score (nSPS) is 11.9. The van der Waals surface area contributed by atoms with E-state index in [9.17, 15) is 18.0 Å². The molecule has 0 atom stereocenters. The van der Waals surface area contributed by atoms with Gasteiger partial charge in [0.1, 0.15) is 6.54 Å². The molecule has 0 aliphatic heterocycles. The molecular formula is C15H8ClF3N6O2S. The molecule has 4 aromatic rings. The van der Waals surface area contributed by atoms with E-state index in [-0.39, 0.29) is 29.0 Å². The van der Waals surface area contributed by atoms with Crippen molar-refractivity contribution in [2.24, 2.45) is 0 Å². The number of benzene rings is 1. The monoisotopic (exact) mass is 428 g/mol. The van der Waals surface area contributed by atoms with E-state index in [1.54, 1.807) is 17.5 Å². The van der Waals surface area contributed by atoms with Crippen molar-refractivity contribution in [1.82, 2.24) is 30.0 Å². The third-order valence-electron chi connectivity index (χ3n) is 3.66. The fourth-order valence-corrected chi connectivity index (χ4v) is 3.27. The minimum absolute atomic E-state index is 0.0408. The van der Waals surface area contributed by atoms with Crippen molar-refractivity contribution < 1.29 is 17.6 Å². The topological polar surface area (TPSA) is 91.6 Å². The van der Waals surface area contributed by atoms with E-state index in [4.69, 9.17) is 16.0 Å². The van der Waals surface area contributed by atoms with Crippen LogP contribution in [0.4, 0.5) is 13.2 Å². The van der Waals surface area contributed by atoms with Gasteiger partial charge in [0.25, 0.3) is 5.89 Å². The van der Waals surface area contributed by atoms with Crippen molar-refractivity contribution in [3.63, 3.8) is 0 Å². The number of halogens is 4. The Kier molecular flexibility index (Phi) is 4.51. The fourth-order valence-electron chi connectivity index (χ4n) is 2.45. The number of rotatable bonds is 4. The van der Waals surface area contributed by atoms with Gasteiger partial charge in [-0.2, -0.15) is 22.5 Å². The molecule has 8 nitrogen and oxygen atoms in total. The quantitative estimate of drug-likeness (QED) is 0.495. The first-order valence-corrected chi connectivity index (χ1v) is 8.85. The first kappa shape index (κ1) is 18.4. The Bertz CT molecular complexity index is 1180. The lowest BCUT2D eigenvalue weighted by molar-refractivity contribution is -0.137. The lowest BCUT2D eigenvalue weighted by Crippen LogP contribution is -2.20. The van der Waals surface area contributed by atoms with E-state index in [0.717, 1.165) is 21.5 Å². The van der Waals surface area contributed by atoms with Gasteiger partial charge in [0, 0.05) is 5.02 Å². The molecule has 3 aromatic heterocycles. The molecule has 144 valence electrons. The van der Waals surface area contributed by atoms with Crippen LogP contribution in [0.2, 0.25) is 5.02 Å². The van der Waals surface area contributed by atoms with Crippen LogP contribution in [0.25, 0.3) is 16.5 Å². The van der Waals surface area contributed by atoms with Crippen molar-refractivity contribution in [2.75, 3.05) is 0 Å². The van der Waals surface area contributed by atoms with Gasteiger partial charge in [-0.1, -0.05) is 17.7 Å². The minimum atomic E-state index is -4.68. The number of hydrogen-bond donors (Lipinski definition) is 0. The van der Waals surface area contributed by atoms with Crippen LogP contribution in [0, 0.1) is 0 Å². The predicted octanol–water partition coefficient (Wildman–Crippen LogP) is 3.26. The summed E-state index contributed by atoms with van der Waals surface area (Å²) >= 11 is 7.02. The smallest absolute Gasteiger partial charge is 0.387 e. The summed E-state index contributed by atoms with van der Waals surface area (Å²) in [6.45, 7) is -0.291. The lowest BCUT2D eigenvalue weighted by Gasteiger charge is -2.13. The molecule has 28 heavy (non-hydrogen) atoms. The summed E-state index contributed by atoms with van der Waals surface area (Å²) in [5.41, 5.74) is -1.34. The van der Waals surface area contributed by atoms with E-state index in [2.05, 4.69) is 20.6 Å². The zero-order valence-corrected chi connectivity index (χ0v) is 15.2. The molecule has 0 spiro atoms. The summed E-state index contributed by atoms with van der Waals surface area (Å²) in [4.78, 5) is 12.7. The number of aromatic nitrogens is 6. The summed E-state index contributed by atoms with van der Waals surface area (Å²) in [5, 5.41) is 16.5. The number of thiophene rings is 1.